The monoisotopic (exact) mass is 177 g/mol. The van der Waals surface area contributed by atoms with Gasteiger partial charge in [-0.05, 0) is 33.6 Å². The molecule has 0 radical (unpaired) electrons. The number of rotatable bonds is 2. The molecule has 1 heteroatoms. The summed E-state index contributed by atoms with van der Waals surface area (Å²) in [6, 6.07) is 0.634. The van der Waals surface area contributed by atoms with Crippen molar-refractivity contribution in [2.24, 2.45) is 5.41 Å². The highest BCUT2D eigenvalue weighted by Crippen LogP contribution is 2.10. The summed E-state index contributed by atoms with van der Waals surface area (Å²) in [4.78, 5) is 0. The van der Waals surface area contributed by atoms with Gasteiger partial charge in [-0.2, -0.15) is 0 Å². The molecule has 0 bridgehead atoms. The molecule has 0 heterocycles. The molecule has 1 N–H and O–H groups in total. The van der Waals surface area contributed by atoms with E-state index in [9.17, 15) is 0 Å². The lowest BCUT2D eigenvalue weighted by Gasteiger charge is -2.09. The van der Waals surface area contributed by atoms with Gasteiger partial charge in [0.2, 0.25) is 0 Å². The van der Waals surface area contributed by atoms with E-state index in [0.717, 1.165) is 19.4 Å². The Kier molecular flexibility index (Phi) is 3.57. The van der Waals surface area contributed by atoms with Crippen LogP contribution in [0.25, 0.3) is 0 Å². The summed E-state index contributed by atoms with van der Waals surface area (Å²) in [6.45, 7) is 7.23. The van der Waals surface area contributed by atoms with Crippen LogP contribution in [0.15, 0.2) is 12.2 Å². The Bertz CT molecular complexity index is 226. The molecule has 1 aliphatic rings. The number of hydrogen-bond acceptors (Lipinski definition) is 1. The largest absolute Gasteiger partial charge is 0.303 e. The van der Waals surface area contributed by atoms with Crippen LogP contribution in [0.3, 0.4) is 0 Å². The van der Waals surface area contributed by atoms with Crippen molar-refractivity contribution in [3.8, 4) is 11.8 Å². The normalized spacial score (nSPS) is 17.2. The molecule has 0 saturated carbocycles. The van der Waals surface area contributed by atoms with E-state index in [1.54, 1.807) is 0 Å². The van der Waals surface area contributed by atoms with Crippen LogP contribution in [0.2, 0.25) is 0 Å². The third kappa shape index (κ3) is 4.75. The first-order chi connectivity index (χ1) is 6.08. The van der Waals surface area contributed by atoms with Gasteiger partial charge in [0.25, 0.3) is 0 Å². The number of nitrogens with one attached hydrogen (secondary N) is 1. The van der Waals surface area contributed by atoms with E-state index >= 15 is 0 Å². The van der Waals surface area contributed by atoms with Crippen molar-refractivity contribution in [3.05, 3.63) is 12.2 Å². The van der Waals surface area contributed by atoms with Gasteiger partial charge in [-0.3, -0.25) is 0 Å². The molecule has 13 heavy (non-hydrogen) atoms. The predicted octanol–water partition coefficient (Wildman–Crippen LogP) is 2.34. The quantitative estimate of drug-likeness (QED) is 0.504. The molecule has 0 saturated heterocycles. The van der Waals surface area contributed by atoms with Crippen molar-refractivity contribution < 1.29 is 0 Å². The first-order valence-corrected chi connectivity index (χ1v) is 4.96. The Morgan fingerprint density at radius 2 is 1.92 bits per heavy atom. The lowest BCUT2D eigenvalue weighted by Crippen LogP contribution is -2.26. The summed E-state index contributed by atoms with van der Waals surface area (Å²) in [5.41, 5.74) is 0.135. The van der Waals surface area contributed by atoms with Crippen LogP contribution in [0.4, 0.5) is 0 Å². The van der Waals surface area contributed by atoms with E-state index in [1.807, 2.05) is 0 Å². The van der Waals surface area contributed by atoms with Crippen LogP contribution >= 0.6 is 0 Å². The molecular formula is C12H19N. The van der Waals surface area contributed by atoms with Gasteiger partial charge in [0.15, 0.2) is 0 Å². The Morgan fingerprint density at radius 3 is 2.46 bits per heavy atom. The lowest BCUT2D eigenvalue weighted by molar-refractivity contribution is 0.562. The average molecular weight is 177 g/mol. The Morgan fingerprint density at radius 1 is 1.31 bits per heavy atom. The predicted molar refractivity (Wildman–Crippen MR) is 57.4 cm³/mol. The standard InChI is InChI=1S/C12H19N/c1-12(2,3)9-6-10-13-11-7-4-5-8-11/h4-5,11,13H,7-8,10H2,1-3H3. The SMILES string of the molecule is CC(C)(C)C#CCNC1CC=CC1. The number of hydrogen-bond donors (Lipinski definition) is 1. The van der Waals surface area contributed by atoms with Crippen molar-refractivity contribution in [1.29, 1.82) is 0 Å². The zero-order chi connectivity index (χ0) is 9.73. The van der Waals surface area contributed by atoms with Crippen LogP contribution in [0.1, 0.15) is 33.6 Å². The second-order valence-corrected chi connectivity index (χ2v) is 4.57. The van der Waals surface area contributed by atoms with Crippen LogP contribution in [0.5, 0.6) is 0 Å². The topological polar surface area (TPSA) is 12.0 Å². The molecule has 0 aromatic rings. The fraction of sp³-hybridized carbons (Fsp3) is 0.667. The first-order valence-electron chi connectivity index (χ1n) is 4.96. The van der Waals surface area contributed by atoms with Gasteiger partial charge in [0.05, 0.1) is 6.54 Å². The highest BCUT2D eigenvalue weighted by Gasteiger charge is 2.07. The van der Waals surface area contributed by atoms with Gasteiger partial charge in [-0.15, -0.1) is 0 Å². The molecule has 72 valence electrons. The zero-order valence-corrected chi connectivity index (χ0v) is 8.85. The minimum Gasteiger partial charge on any atom is -0.303 e. The summed E-state index contributed by atoms with van der Waals surface area (Å²) < 4.78 is 0. The average Bonchev–Trinajstić information content (AvgIpc) is 2.48. The molecule has 0 fully saturated rings. The van der Waals surface area contributed by atoms with Crippen LogP contribution < -0.4 is 5.32 Å². The van der Waals surface area contributed by atoms with E-state index in [4.69, 9.17) is 0 Å². The van der Waals surface area contributed by atoms with E-state index < -0.39 is 0 Å². The fourth-order valence-electron chi connectivity index (χ4n) is 1.29. The van der Waals surface area contributed by atoms with Gasteiger partial charge in [-0.25, -0.2) is 0 Å². The van der Waals surface area contributed by atoms with Gasteiger partial charge >= 0.3 is 0 Å². The van der Waals surface area contributed by atoms with E-state index in [0.29, 0.717) is 6.04 Å². The third-order valence-electron chi connectivity index (χ3n) is 1.95. The molecule has 1 aliphatic carbocycles. The molecular weight excluding hydrogens is 158 g/mol. The van der Waals surface area contributed by atoms with Gasteiger partial charge in [0.1, 0.15) is 0 Å². The zero-order valence-electron chi connectivity index (χ0n) is 8.85. The molecule has 0 spiro atoms. The Labute approximate surface area is 81.6 Å². The summed E-state index contributed by atoms with van der Waals surface area (Å²) in [5, 5.41) is 3.42. The molecule has 1 nitrogen and oxygen atoms in total. The second kappa shape index (κ2) is 4.48. The van der Waals surface area contributed by atoms with Crippen LogP contribution in [0, 0.1) is 17.3 Å². The van der Waals surface area contributed by atoms with Crippen molar-refractivity contribution in [1.82, 2.24) is 5.32 Å². The summed E-state index contributed by atoms with van der Waals surface area (Å²) >= 11 is 0. The van der Waals surface area contributed by atoms with Crippen molar-refractivity contribution in [2.45, 2.75) is 39.7 Å². The summed E-state index contributed by atoms with van der Waals surface area (Å²) in [6.07, 6.45) is 6.79. The highest BCUT2D eigenvalue weighted by molar-refractivity contribution is 5.09. The van der Waals surface area contributed by atoms with Crippen molar-refractivity contribution in [3.63, 3.8) is 0 Å². The maximum Gasteiger partial charge on any atom is 0.0579 e. The Hall–Kier alpha value is -0.740. The van der Waals surface area contributed by atoms with E-state index in [1.165, 1.54) is 0 Å². The molecule has 0 aromatic heterocycles. The fourth-order valence-corrected chi connectivity index (χ4v) is 1.29. The minimum absolute atomic E-state index is 0.135. The van der Waals surface area contributed by atoms with Gasteiger partial charge in [-0.1, -0.05) is 24.0 Å². The minimum atomic E-state index is 0.135. The molecule has 0 unspecified atom stereocenters. The summed E-state index contributed by atoms with van der Waals surface area (Å²) in [7, 11) is 0. The van der Waals surface area contributed by atoms with Crippen molar-refractivity contribution in [2.75, 3.05) is 6.54 Å². The lowest BCUT2D eigenvalue weighted by atomic mass is 9.98. The smallest absolute Gasteiger partial charge is 0.0579 e. The molecule has 1 rings (SSSR count). The molecule has 0 aromatic carbocycles. The van der Waals surface area contributed by atoms with Crippen molar-refractivity contribution >= 4 is 0 Å². The van der Waals surface area contributed by atoms with Gasteiger partial charge in [0, 0.05) is 11.5 Å². The van der Waals surface area contributed by atoms with E-state index in [-0.39, 0.29) is 5.41 Å². The van der Waals surface area contributed by atoms with Crippen LogP contribution in [-0.2, 0) is 0 Å². The van der Waals surface area contributed by atoms with Gasteiger partial charge < -0.3 is 5.32 Å². The third-order valence-corrected chi connectivity index (χ3v) is 1.95. The maximum atomic E-state index is 3.42. The molecule has 0 amide bonds. The summed E-state index contributed by atoms with van der Waals surface area (Å²) in [5.74, 6) is 6.38. The Balaban J connectivity index is 2.15. The molecule has 0 aliphatic heterocycles. The second-order valence-electron chi connectivity index (χ2n) is 4.57. The van der Waals surface area contributed by atoms with E-state index in [2.05, 4.69) is 50.1 Å². The van der Waals surface area contributed by atoms with Crippen LogP contribution in [-0.4, -0.2) is 12.6 Å². The highest BCUT2D eigenvalue weighted by atomic mass is 14.9. The first kappa shape index (κ1) is 10.3. The molecule has 0 atom stereocenters. The maximum absolute atomic E-state index is 3.42.